The topological polar surface area (TPSA) is 53.9 Å². The summed E-state index contributed by atoms with van der Waals surface area (Å²) in [5.41, 5.74) is 3.17. The summed E-state index contributed by atoms with van der Waals surface area (Å²) in [5.74, 6) is 1.76. The molecule has 2 aromatic heterocycles. The lowest BCUT2D eigenvalue weighted by atomic mass is 10.2. The van der Waals surface area contributed by atoms with Crippen LogP contribution in [-0.4, -0.2) is 28.0 Å². The molecule has 1 aliphatic rings. The van der Waals surface area contributed by atoms with Crippen LogP contribution in [0.15, 0.2) is 24.4 Å². The summed E-state index contributed by atoms with van der Waals surface area (Å²) in [6.07, 6.45) is 4.41. The molecule has 1 N–H and O–H groups in total. The van der Waals surface area contributed by atoms with Crippen LogP contribution in [0.1, 0.15) is 29.8 Å². The summed E-state index contributed by atoms with van der Waals surface area (Å²) in [5, 5.41) is 3.29. The minimum absolute atomic E-state index is 0.687. The monoisotopic (exact) mass is 283 g/mol. The Morgan fingerprint density at radius 2 is 1.81 bits per heavy atom. The zero-order valence-corrected chi connectivity index (χ0v) is 12.6. The van der Waals surface area contributed by atoms with E-state index in [9.17, 15) is 0 Å². The molecule has 21 heavy (non-hydrogen) atoms. The Hall–Kier alpha value is -2.17. The maximum absolute atomic E-state index is 4.47. The number of hydrogen-bond acceptors (Lipinski definition) is 5. The lowest BCUT2D eigenvalue weighted by Gasteiger charge is -2.17. The van der Waals surface area contributed by atoms with Gasteiger partial charge < -0.3 is 10.2 Å². The molecule has 0 spiro atoms. The van der Waals surface area contributed by atoms with Crippen LogP contribution >= 0.6 is 0 Å². The molecule has 1 aliphatic heterocycles. The molecule has 3 rings (SSSR count). The molecule has 1 saturated heterocycles. The van der Waals surface area contributed by atoms with Crippen LogP contribution in [0.3, 0.4) is 0 Å². The van der Waals surface area contributed by atoms with E-state index in [0.717, 1.165) is 30.3 Å². The van der Waals surface area contributed by atoms with E-state index >= 15 is 0 Å². The van der Waals surface area contributed by atoms with E-state index in [2.05, 4.69) is 31.2 Å². The molecule has 0 unspecified atom stereocenters. The molecule has 1 fully saturated rings. The van der Waals surface area contributed by atoms with Crippen molar-refractivity contribution >= 4 is 11.8 Å². The first-order chi connectivity index (χ1) is 10.2. The zero-order valence-electron chi connectivity index (χ0n) is 12.6. The lowest BCUT2D eigenvalue weighted by Crippen LogP contribution is -2.19. The third-order valence-electron chi connectivity index (χ3n) is 3.67. The van der Waals surface area contributed by atoms with Gasteiger partial charge in [0, 0.05) is 37.2 Å². The molecular weight excluding hydrogens is 262 g/mol. The van der Waals surface area contributed by atoms with Crippen molar-refractivity contribution in [3.63, 3.8) is 0 Å². The van der Waals surface area contributed by atoms with Crippen LogP contribution in [0.2, 0.25) is 0 Å². The van der Waals surface area contributed by atoms with E-state index in [-0.39, 0.29) is 0 Å². The van der Waals surface area contributed by atoms with Gasteiger partial charge in [-0.05, 0) is 50.5 Å². The van der Waals surface area contributed by atoms with Crippen molar-refractivity contribution in [2.24, 2.45) is 0 Å². The van der Waals surface area contributed by atoms with Crippen molar-refractivity contribution in [2.45, 2.75) is 33.2 Å². The average Bonchev–Trinajstić information content (AvgIpc) is 2.99. The number of rotatable bonds is 4. The zero-order chi connectivity index (χ0) is 14.7. The third kappa shape index (κ3) is 3.48. The fourth-order valence-corrected chi connectivity index (χ4v) is 2.68. The molecule has 110 valence electrons. The Morgan fingerprint density at radius 3 is 2.52 bits per heavy atom. The Morgan fingerprint density at radius 1 is 1.10 bits per heavy atom. The van der Waals surface area contributed by atoms with Gasteiger partial charge in [0.1, 0.15) is 5.82 Å². The van der Waals surface area contributed by atoms with E-state index in [4.69, 9.17) is 0 Å². The van der Waals surface area contributed by atoms with Crippen LogP contribution in [0.25, 0.3) is 0 Å². The molecule has 0 radical (unpaired) electrons. The molecular formula is C16H21N5. The quantitative estimate of drug-likeness (QED) is 0.935. The van der Waals surface area contributed by atoms with Crippen molar-refractivity contribution in [3.05, 3.63) is 41.3 Å². The molecule has 0 amide bonds. The number of anilines is 2. The first-order valence-electron chi connectivity index (χ1n) is 7.47. The number of aromatic nitrogens is 3. The SMILES string of the molecule is Cc1cc(C)nc(NCc2ccnc(N3CCCC3)c2)n1. The van der Waals surface area contributed by atoms with Crippen molar-refractivity contribution in [1.29, 1.82) is 0 Å². The Labute approximate surface area is 125 Å². The Kier molecular flexibility index (Phi) is 3.99. The molecule has 5 nitrogen and oxygen atoms in total. The predicted molar refractivity (Wildman–Crippen MR) is 84.5 cm³/mol. The van der Waals surface area contributed by atoms with Gasteiger partial charge in [0.15, 0.2) is 0 Å². The first-order valence-corrected chi connectivity index (χ1v) is 7.47. The minimum atomic E-state index is 0.687. The van der Waals surface area contributed by atoms with Crippen molar-refractivity contribution in [3.8, 4) is 0 Å². The summed E-state index contributed by atoms with van der Waals surface area (Å²) >= 11 is 0. The van der Waals surface area contributed by atoms with E-state index in [1.807, 2.05) is 32.2 Å². The van der Waals surface area contributed by atoms with E-state index in [1.54, 1.807) is 0 Å². The first kappa shape index (κ1) is 13.8. The summed E-state index contributed by atoms with van der Waals surface area (Å²) < 4.78 is 0. The second kappa shape index (κ2) is 6.08. The highest BCUT2D eigenvalue weighted by molar-refractivity contribution is 5.42. The summed E-state index contributed by atoms with van der Waals surface area (Å²) in [7, 11) is 0. The Balaban J connectivity index is 1.68. The van der Waals surface area contributed by atoms with Gasteiger partial charge >= 0.3 is 0 Å². The highest BCUT2D eigenvalue weighted by atomic mass is 15.2. The minimum Gasteiger partial charge on any atom is -0.357 e. The summed E-state index contributed by atoms with van der Waals surface area (Å²) in [6.45, 7) is 6.91. The normalized spacial score (nSPS) is 14.5. The highest BCUT2D eigenvalue weighted by Gasteiger charge is 2.13. The molecule has 2 aromatic rings. The molecule has 0 atom stereocenters. The fourth-order valence-electron chi connectivity index (χ4n) is 2.68. The van der Waals surface area contributed by atoms with E-state index < -0.39 is 0 Å². The van der Waals surface area contributed by atoms with Gasteiger partial charge in [-0.25, -0.2) is 15.0 Å². The number of nitrogens with one attached hydrogen (secondary N) is 1. The lowest BCUT2D eigenvalue weighted by molar-refractivity contribution is 0.929. The molecule has 0 saturated carbocycles. The van der Waals surface area contributed by atoms with Gasteiger partial charge in [0.25, 0.3) is 0 Å². The van der Waals surface area contributed by atoms with Crippen molar-refractivity contribution < 1.29 is 0 Å². The van der Waals surface area contributed by atoms with Gasteiger partial charge in [-0.1, -0.05) is 0 Å². The van der Waals surface area contributed by atoms with Crippen LogP contribution in [0.5, 0.6) is 0 Å². The van der Waals surface area contributed by atoms with Gasteiger partial charge in [0.2, 0.25) is 5.95 Å². The molecule has 0 aromatic carbocycles. The Bertz CT molecular complexity index is 600. The van der Waals surface area contributed by atoms with Gasteiger partial charge in [-0.3, -0.25) is 0 Å². The van der Waals surface area contributed by atoms with Crippen molar-refractivity contribution in [1.82, 2.24) is 15.0 Å². The van der Waals surface area contributed by atoms with Crippen LogP contribution in [-0.2, 0) is 6.54 Å². The van der Waals surface area contributed by atoms with Gasteiger partial charge in [0.05, 0.1) is 0 Å². The largest absolute Gasteiger partial charge is 0.357 e. The van der Waals surface area contributed by atoms with Crippen LogP contribution < -0.4 is 10.2 Å². The van der Waals surface area contributed by atoms with Crippen LogP contribution in [0.4, 0.5) is 11.8 Å². The summed E-state index contributed by atoms with van der Waals surface area (Å²) in [6, 6.07) is 6.17. The van der Waals surface area contributed by atoms with Crippen molar-refractivity contribution in [2.75, 3.05) is 23.3 Å². The molecule has 5 heteroatoms. The molecule has 0 bridgehead atoms. The van der Waals surface area contributed by atoms with Gasteiger partial charge in [-0.15, -0.1) is 0 Å². The standard InChI is InChI=1S/C16H21N5/c1-12-9-13(2)20-16(19-12)18-11-14-5-6-17-15(10-14)21-7-3-4-8-21/h5-6,9-10H,3-4,7-8,11H2,1-2H3,(H,18,19,20). The molecule has 0 aliphatic carbocycles. The van der Waals surface area contributed by atoms with E-state index in [1.165, 1.54) is 18.4 Å². The number of nitrogens with zero attached hydrogens (tertiary/aromatic N) is 4. The number of hydrogen-bond donors (Lipinski definition) is 1. The van der Waals surface area contributed by atoms with Crippen LogP contribution in [0, 0.1) is 13.8 Å². The second-order valence-electron chi connectivity index (χ2n) is 5.54. The predicted octanol–water partition coefficient (Wildman–Crippen LogP) is 2.70. The smallest absolute Gasteiger partial charge is 0.223 e. The maximum atomic E-state index is 4.47. The third-order valence-corrected chi connectivity index (χ3v) is 3.67. The average molecular weight is 283 g/mol. The second-order valence-corrected chi connectivity index (χ2v) is 5.54. The fraction of sp³-hybridized carbons (Fsp3) is 0.438. The van der Waals surface area contributed by atoms with Gasteiger partial charge in [-0.2, -0.15) is 0 Å². The summed E-state index contributed by atoms with van der Waals surface area (Å²) in [4.78, 5) is 15.6. The molecule has 3 heterocycles. The highest BCUT2D eigenvalue weighted by Crippen LogP contribution is 2.18. The van der Waals surface area contributed by atoms with E-state index in [0.29, 0.717) is 12.5 Å². The number of pyridine rings is 1. The maximum Gasteiger partial charge on any atom is 0.223 e. The number of aryl methyl sites for hydroxylation is 2.